The van der Waals surface area contributed by atoms with Crippen LogP contribution < -0.4 is 0 Å². The van der Waals surface area contributed by atoms with Crippen LogP contribution in [0.25, 0.3) is 0 Å². The van der Waals surface area contributed by atoms with Gasteiger partial charge in [0.15, 0.2) is 0 Å². The van der Waals surface area contributed by atoms with Crippen molar-refractivity contribution in [3.63, 3.8) is 0 Å². The van der Waals surface area contributed by atoms with Crippen molar-refractivity contribution in [2.24, 2.45) is 5.92 Å². The summed E-state index contributed by atoms with van der Waals surface area (Å²) in [4.78, 5) is 0. The van der Waals surface area contributed by atoms with Crippen LogP contribution in [0.15, 0.2) is 59.4 Å². The Morgan fingerprint density at radius 3 is 1.96 bits per heavy atom. The topological polar surface area (TPSA) is 60.7 Å². The summed E-state index contributed by atoms with van der Waals surface area (Å²) in [7, 11) is 0. The fourth-order valence-electron chi connectivity index (χ4n) is 4.00. The number of allylic oxidation sites excluding steroid dienone is 3. The van der Waals surface area contributed by atoms with E-state index in [2.05, 4.69) is 6.08 Å². The maximum absolute atomic E-state index is 10.2. The van der Waals surface area contributed by atoms with E-state index >= 15 is 0 Å². The second-order valence-electron chi connectivity index (χ2n) is 7.42. The number of phenolic OH excluding ortho intramolecular Hbond substituents is 2. The number of hydrogen-bond donors (Lipinski definition) is 3. The third kappa shape index (κ3) is 3.34. The minimum atomic E-state index is 0.0756. The van der Waals surface area contributed by atoms with Crippen molar-refractivity contribution in [1.82, 2.24) is 0 Å². The van der Waals surface area contributed by atoms with Gasteiger partial charge >= 0.3 is 0 Å². The highest BCUT2D eigenvalue weighted by atomic mass is 16.3. The van der Waals surface area contributed by atoms with E-state index in [1.807, 2.05) is 52.0 Å². The summed E-state index contributed by atoms with van der Waals surface area (Å²) in [6.07, 6.45) is 2.91. The van der Waals surface area contributed by atoms with E-state index in [9.17, 15) is 15.3 Å². The minimum absolute atomic E-state index is 0.0756. The number of aryl methyl sites for hydroxylation is 2. The normalized spacial score (nSPS) is 18.6. The van der Waals surface area contributed by atoms with E-state index in [1.54, 1.807) is 12.1 Å². The van der Waals surface area contributed by atoms with Crippen LogP contribution in [-0.2, 0) is 0 Å². The second-order valence-corrected chi connectivity index (χ2v) is 7.42. The Balaban J connectivity index is 2.14. The molecule has 1 aliphatic carbocycles. The van der Waals surface area contributed by atoms with Crippen molar-refractivity contribution in [2.45, 2.75) is 40.0 Å². The van der Waals surface area contributed by atoms with Crippen LogP contribution in [0.1, 0.15) is 48.4 Å². The molecular formula is C23H26O3. The largest absolute Gasteiger partial charge is 0.508 e. The molecule has 3 N–H and O–H groups in total. The first-order chi connectivity index (χ1) is 12.3. The van der Waals surface area contributed by atoms with Crippen LogP contribution >= 0.6 is 0 Å². The average Bonchev–Trinajstić information content (AvgIpc) is 2.59. The van der Waals surface area contributed by atoms with Gasteiger partial charge in [-0.1, -0.05) is 30.3 Å². The zero-order chi connectivity index (χ0) is 19.0. The Morgan fingerprint density at radius 2 is 1.42 bits per heavy atom. The van der Waals surface area contributed by atoms with Gasteiger partial charge in [0.25, 0.3) is 0 Å². The van der Waals surface area contributed by atoms with Gasteiger partial charge in [-0.25, -0.2) is 0 Å². The number of benzene rings is 2. The van der Waals surface area contributed by atoms with Crippen LogP contribution in [0.2, 0.25) is 0 Å². The number of aromatic hydroxyl groups is 2. The van der Waals surface area contributed by atoms with Gasteiger partial charge in [0, 0.05) is 5.92 Å². The summed E-state index contributed by atoms with van der Waals surface area (Å²) in [5.41, 5.74) is 5.84. The Bertz CT molecular complexity index is 865. The van der Waals surface area contributed by atoms with Crippen molar-refractivity contribution >= 4 is 0 Å². The number of aliphatic hydroxyl groups is 1. The summed E-state index contributed by atoms with van der Waals surface area (Å²) in [6.45, 7) is 7.74. The molecule has 0 heterocycles. The number of rotatable bonds is 3. The van der Waals surface area contributed by atoms with Crippen molar-refractivity contribution in [3.05, 3.63) is 81.6 Å². The SMILES string of the molecule is CC1=CC(C(c2ccc(O)cc2)c2cc(C)c(O)c(C)c2)CC(C)=C1O. The lowest BCUT2D eigenvalue weighted by atomic mass is 9.74. The number of hydrogen-bond acceptors (Lipinski definition) is 3. The average molecular weight is 350 g/mol. The first kappa shape index (κ1) is 18.1. The van der Waals surface area contributed by atoms with Crippen LogP contribution in [0.3, 0.4) is 0 Å². The number of aliphatic hydroxyl groups excluding tert-OH is 1. The van der Waals surface area contributed by atoms with Gasteiger partial charge in [0.05, 0.1) is 0 Å². The Labute approximate surface area is 155 Å². The molecular weight excluding hydrogens is 324 g/mol. The predicted molar refractivity (Wildman–Crippen MR) is 105 cm³/mol. The van der Waals surface area contributed by atoms with Crippen molar-refractivity contribution in [2.75, 3.05) is 0 Å². The van der Waals surface area contributed by atoms with Crippen molar-refractivity contribution < 1.29 is 15.3 Å². The lowest BCUT2D eigenvalue weighted by Crippen LogP contribution is -2.17. The van der Waals surface area contributed by atoms with E-state index in [1.165, 1.54) is 0 Å². The molecule has 2 aromatic rings. The van der Waals surface area contributed by atoms with Crippen LogP contribution in [0, 0.1) is 19.8 Å². The molecule has 3 rings (SSSR count). The van der Waals surface area contributed by atoms with Gasteiger partial charge in [-0.3, -0.25) is 0 Å². The van der Waals surface area contributed by atoms with E-state index in [0.717, 1.165) is 39.8 Å². The van der Waals surface area contributed by atoms with Gasteiger partial charge in [-0.05, 0) is 85.6 Å². The van der Waals surface area contributed by atoms with Gasteiger partial charge in [0.1, 0.15) is 17.3 Å². The van der Waals surface area contributed by atoms with Gasteiger partial charge in [0.2, 0.25) is 0 Å². The Morgan fingerprint density at radius 1 is 0.846 bits per heavy atom. The van der Waals surface area contributed by atoms with E-state index in [-0.39, 0.29) is 17.6 Å². The Hall–Kier alpha value is -2.68. The summed E-state index contributed by atoms with van der Waals surface area (Å²) in [6, 6.07) is 11.4. The molecule has 0 spiro atoms. The smallest absolute Gasteiger partial charge is 0.121 e. The fraction of sp³-hybridized carbons (Fsp3) is 0.304. The van der Waals surface area contributed by atoms with Crippen LogP contribution in [0.5, 0.6) is 11.5 Å². The van der Waals surface area contributed by atoms with Gasteiger partial charge < -0.3 is 15.3 Å². The quantitative estimate of drug-likeness (QED) is 0.671. The Kier molecular flexibility index (Phi) is 4.82. The molecule has 0 radical (unpaired) electrons. The molecule has 3 nitrogen and oxygen atoms in total. The van der Waals surface area contributed by atoms with E-state index < -0.39 is 0 Å². The third-order valence-corrected chi connectivity index (χ3v) is 5.34. The standard InChI is InChI=1S/C23H26O3/c1-13-9-18(10-14(2)22(13)25)21(17-5-7-20(24)8-6-17)19-11-15(3)23(26)16(4)12-19/h5-11,19,21,24-26H,12H2,1-4H3. The molecule has 1 aliphatic rings. The molecule has 0 bridgehead atoms. The molecule has 0 amide bonds. The molecule has 26 heavy (non-hydrogen) atoms. The summed E-state index contributed by atoms with van der Waals surface area (Å²) in [5, 5.41) is 30.0. The van der Waals surface area contributed by atoms with Crippen molar-refractivity contribution in [3.8, 4) is 11.5 Å². The van der Waals surface area contributed by atoms with Gasteiger partial charge in [-0.15, -0.1) is 0 Å². The molecule has 0 saturated heterocycles. The molecule has 0 aromatic heterocycles. The maximum atomic E-state index is 10.2. The molecule has 0 saturated carbocycles. The lowest BCUT2D eigenvalue weighted by molar-refractivity contribution is 0.396. The molecule has 136 valence electrons. The summed E-state index contributed by atoms with van der Waals surface area (Å²) >= 11 is 0. The third-order valence-electron chi connectivity index (χ3n) is 5.34. The summed E-state index contributed by atoms with van der Waals surface area (Å²) < 4.78 is 0. The molecule has 0 aliphatic heterocycles. The van der Waals surface area contributed by atoms with Crippen LogP contribution in [0.4, 0.5) is 0 Å². The number of phenols is 2. The zero-order valence-corrected chi connectivity index (χ0v) is 15.7. The molecule has 3 heteroatoms. The predicted octanol–water partition coefficient (Wildman–Crippen LogP) is 5.64. The highest BCUT2D eigenvalue weighted by Gasteiger charge is 2.28. The highest BCUT2D eigenvalue weighted by molar-refractivity contribution is 5.48. The van der Waals surface area contributed by atoms with E-state index in [0.29, 0.717) is 11.5 Å². The van der Waals surface area contributed by atoms with Crippen LogP contribution in [-0.4, -0.2) is 15.3 Å². The van der Waals surface area contributed by atoms with E-state index in [4.69, 9.17) is 0 Å². The first-order valence-electron chi connectivity index (χ1n) is 8.94. The molecule has 2 unspecified atom stereocenters. The maximum Gasteiger partial charge on any atom is 0.121 e. The lowest BCUT2D eigenvalue weighted by Gasteiger charge is -2.30. The molecule has 2 atom stereocenters. The molecule has 0 fully saturated rings. The first-order valence-corrected chi connectivity index (χ1v) is 8.94. The van der Waals surface area contributed by atoms with Crippen molar-refractivity contribution in [1.29, 1.82) is 0 Å². The molecule has 2 aromatic carbocycles. The highest BCUT2D eigenvalue weighted by Crippen LogP contribution is 2.42. The zero-order valence-electron chi connectivity index (χ0n) is 15.7. The monoisotopic (exact) mass is 350 g/mol. The summed E-state index contributed by atoms with van der Waals surface area (Å²) in [5.74, 6) is 1.24. The fourth-order valence-corrected chi connectivity index (χ4v) is 4.00. The second kappa shape index (κ2) is 6.91. The van der Waals surface area contributed by atoms with Gasteiger partial charge in [-0.2, -0.15) is 0 Å². The minimum Gasteiger partial charge on any atom is -0.508 e.